The van der Waals surface area contributed by atoms with Gasteiger partial charge in [-0.2, -0.15) is 0 Å². The molecular weight excluding hydrogens is 403 g/mol. The smallest absolute Gasteiger partial charge is 0.234 e. The molecule has 0 fully saturated rings. The van der Waals surface area contributed by atoms with Gasteiger partial charge >= 0.3 is 0 Å². The summed E-state index contributed by atoms with van der Waals surface area (Å²) in [5.41, 5.74) is 1.26. The van der Waals surface area contributed by atoms with Gasteiger partial charge in [-0.15, -0.1) is 10.2 Å². The van der Waals surface area contributed by atoms with E-state index in [1.807, 2.05) is 11.5 Å². The van der Waals surface area contributed by atoms with Crippen molar-refractivity contribution in [1.29, 1.82) is 0 Å². The third-order valence-electron chi connectivity index (χ3n) is 3.90. The second-order valence-corrected chi connectivity index (χ2v) is 7.12. The van der Waals surface area contributed by atoms with Crippen LogP contribution < -0.4 is 10.1 Å². The van der Waals surface area contributed by atoms with Gasteiger partial charge in [0.15, 0.2) is 11.0 Å². The average Bonchev–Trinajstić information content (AvgIpc) is 3.11. The summed E-state index contributed by atoms with van der Waals surface area (Å²) in [5, 5.41) is 12.4. The number of amides is 1. The Kier molecular flexibility index (Phi) is 6.53. The summed E-state index contributed by atoms with van der Waals surface area (Å²) in [4.78, 5) is 12.2. The zero-order valence-electron chi connectivity index (χ0n) is 15.3. The minimum atomic E-state index is -0.354. The second-order valence-electron chi connectivity index (χ2n) is 5.74. The molecule has 0 radical (unpaired) electrons. The number of rotatable bonds is 7. The van der Waals surface area contributed by atoms with Gasteiger partial charge in [-0.1, -0.05) is 23.4 Å². The first kappa shape index (κ1) is 20.2. The topological polar surface area (TPSA) is 69.0 Å². The number of aromatic nitrogens is 3. The Balaban J connectivity index is 1.74. The van der Waals surface area contributed by atoms with Crippen molar-refractivity contribution in [3.63, 3.8) is 0 Å². The predicted molar refractivity (Wildman–Crippen MR) is 108 cm³/mol. The van der Waals surface area contributed by atoms with Crippen molar-refractivity contribution in [1.82, 2.24) is 14.8 Å². The zero-order chi connectivity index (χ0) is 20.1. The zero-order valence-corrected chi connectivity index (χ0v) is 16.9. The lowest BCUT2D eigenvalue weighted by atomic mass is 10.2. The lowest BCUT2D eigenvalue weighted by Crippen LogP contribution is -2.14. The Hall–Kier alpha value is -2.58. The Morgan fingerprint density at radius 2 is 2.00 bits per heavy atom. The molecule has 0 atom stereocenters. The molecule has 3 rings (SSSR count). The third kappa shape index (κ3) is 4.63. The molecular formula is C19H18ClFN4O2S. The fraction of sp³-hybridized carbons (Fsp3) is 0.211. The predicted octanol–water partition coefficient (Wildman–Crippen LogP) is 4.50. The molecule has 1 aromatic heterocycles. The lowest BCUT2D eigenvalue weighted by Gasteiger charge is -2.11. The number of methoxy groups -OCH3 is 1. The highest BCUT2D eigenvalue weighted by Crippen LogP contribution is 2.33. The fourth-order valence-corrected chi connectivity index (χ4v) is 3.57. The van der Waals surface area contributed by atoms with Gasteiger partial charge in [-0.05, 0) is 49.4 Å². The Morgan fingerprint density at radius 3 is 2.68 bits per heavy atom. The molecule has 3 aromatic rings. The van der Waals surface area contributed by atoms with Crippen molar-refractivity contribution in [2.75, 3.05) is 18.2 Å². The number of hydrogen-bond donors (Lipinski definition) is 1. The van der Waals surface area contributed by atoms with Gasteiger partial charge in [-0.3, -0.25) is 4.79 Å². The Labute approximate surface area is 171 Å². The van der Waals surface area contributed by atoms with Gasteiger partial charge in [-0.25, -0.2) is 4.39 Å². The molecule has 9 heteroatoms. The largest absolute Gasteiger partial charge is 0.496 e. The number of nitrogens with one attached hydrogen (secondary N) is 1. The molecule has 0 spiro atoms. The summed E-state index contributed by atoms with van der Waals surface area (Å²) in [5.74, 6) is 0.819. The molecule has 146 valence electrons. The molecule has 2 aromatic carbocycles. The van der Waals surface area contributed by atoms with Gasteiger partial charge in [0.1, 0.15) is 11.6 Å². The van der Waals surface area contributed by atoms with Crippen LogP contribution in [0, 0.1) is 5.82 Å². The Morgan fingerprint density at radius 1 is 1.25 bits per heavy atom. The minimum absolute atomic E-state index is 0.141. The molecule has 1 N–H and O–H groups in total. The van der Waals surface area contributed by atoms with E-state index in [-0.39, 0.29) is 17.5 Å². The van der Waals surface area contributed by atoms with Crippen molar-refractivity contribution in [2.24, 2.45) is 0 Å². The summed E-state index contributed by atoms with van der Waals surface area (Å²) >= 11 is 7.39. The van der Waals surface area contributed by atoms with Crippen LogP contribution in [-0.4, -0.2) is 33.5 Å². The van der Waals surface area contributed by atoms with Crippen LogP contribution in [0.5, 0.6) is 5.75 Å². The molecule has 28 heavy (non-hydrogen) atoms. The average molecular weight is 421 g/mol. The number of benzene rings is 2. The summed E-state index contributed by atoms with van der Waals surface area (Å²) in [6, 6.07) is 10.9. The first-order chi connectivity index (χ1) is 13.5. The van der Waals surface area contributed by atoms with Crippen LogP contribution in [0.15, 0.2) is 47.6 Å². The van der Waals surface area contributed by atoms with E-state index >= 15 is 0 Å². The monoisotopic (exact) mass is 420 g/mol. The lowest BCUT2D eigenvalue weighted by molar-refractivity contribution is -0.113. The normalized spacial score (nSPS) is 10.7. The minimum Gasteiger partial charge on any atom is -0.496 e. The van der Waals surface area contributed by atoms with Crippen molar-refractivity contribution in [3.05, 3.63) is 53.3 Å². The maximum absolute atomic E-state index is 12.9. The number of hydrogen-bond acceptors (Lipinski definition) is 5. The number of anilines is 1. The van der Waals surface area contributed by atoms with Gasteiger partial charge < -0.3 is 14.6 Å². The fourth-order valence-electron chi connectivity index (χ4n) is 2.60. The number of halogens is 2. The molecule has 0 bridgehead atoms. The van der Waals surface area contributed by atoms with E-state index in [2.05, 4.69) is 15.5 Å². The quantitative estimate of drug-likeness (QED) is 0.570. The van der Waals surface area contributed by atoms with Crippen molar-refractivity contribution in [2.45, 2.75) is 18.6 Å². The summed E-state index contributed by atoms with van der Waals surface area (Å²) in [6.45, 7) is 2.58. The standard InChI is InChI=1S/C19H18ClFN4O2S/c1-3-25-18(15-10-12(20)4-9-16(15)27-2)23-24-19(25)28-11-17(26)22-14-7-5-13(21)6-8-14/h4-10H,3,11H2,1-2H3,(H,22,26). The van der Waals surface area contributed by atoms with Gasteiger partial charge in [0.25, 0.3) is 0 Å². The first-order valence-electron chi connectivity index (χ1n) is 8.47. The number of carbonyl (C=O) groups is 1. The van der Waals surface area contributed by atoms with Gasteiger partial charge in [0, 0.05) is 17.3 Å². The SMILES string of the molecule is CCn1c(SCC(=O)Nc2ccc(F)cc2)nnc1-c1cc(Cl)ccc1OC. The molecule has 0 saturated heterocycles. The highest BCUT2D eigenvalue weighted by atomic mass is 35.5. The van der Waals surface area contributed by atoms with Crippen molar-refractivity contribution >= 4 is 35.0 Å². The van der Waals surface area contributed by atoms with Crippen LogP contribution in [0.4, 0.5) is 10.1 Å². The molecule has 0 aliphatic carbocycles. The van der Waals surface area contributed by atoms with E-state index in [1.54, 1.807) is 25.3 Å². The number of ether oxygens (including phenoxy) is 1. The van der Waals surface area contributed by atoms with Crippen LogP contribution in [0.25, 0.3) is 11.4 Å². The first-order valence-corrected chi connectivity index (χ1v) is 9.83. The Bertz CT molecular complexity index is 979. The maximum Gasteiger partial charge on any atom is 0.234 e. The van der Waals surface area contributed by atoms with Crippen molar-refractivity contribution in [3.8, 4) is 17.1 Å². The molecule has 0 unspecified atom stereocenters. The summed E-state index contributed by atoms with van der Waals surface area (Å²) in [7, 11) is 1.58. The maximum atomic E-state index is 12.9. The third-order valence-corrected chi connectivity index (χ3v) is 5.10. The molecule has 0 saturated carbocycles. The molecule has 6 nitrogen and oxygen atoms in total. The van der Waals surface area contributed by atoms with Gasteiger partial charge in [0.2, 0.25) is 5.91 Å². The van der Waals surface area contributed by atoms with Crippen LogP contribution in [0.2, 0.25) is 5.02 Å². The van der Waals surface area contributed by atoms with E-state index in [1.165, 1.54) is 36.0 Å². The number of carbonyl (C=O) groups excluding carboxylic acids is 1. The summed E-state index contributed by atoms with van der Waals surface area (Å²) in [6.07, 6.45) is 0. The van der Waals surface area contributed by atoms with Crippen LogP contribution in [0.3, 0.4) is 0 Å². The van der Waals surface area contributed by atoms with E-state index in [0.29, 0.717) is 34.0 Å². The van der Waals surface area contributed by atoms with Crippen LogP contribution >= 0.6 is 23.4 Å². The van der Waals surface area contributed by atoms with Crippen LogP contribution in [-0.2, 0) is 11.3 Å². The molecule has 1 amide bonds. The van der Waals surface area contributed by atoms with E-state index < -0.39 is 0 Å². The molecule has 0 aliphatic heterocycles. The second kappa shape index (κ2) is 9.07. The number of thioether (sulfide) groups is 1. The van der Waals surface area contributed by atoms with Crippen molar-refractivity contribution < 1.29 is 13.9 Å². The molecule has 1 heterocycles. The van der Waals surface area contributed by atoms with E-state index in [4.69, 9.17) is 16.3 Å². The molecule has 0 aliphatic rings. The van der Waals surface area contributed by atoms with E-state index in [9.17, 15) is 9.18 Å². The van der Waals surface area contributed by atoms with Gasteiger partial charge in [0.05, 0.1) is 18.4 Å². The highest BCUT2D eigenvalue weighted by Gasteiger charge is 2.18. The number of nitrogens with zero attached hydrogens (tertiary/aromatic N) is 3. The van der Waals surface area contributed by atoms with E-state index in [0.717, 1.165) is 5.56 Å². The summed E-state index contributed by atoms with van der Waals surface area (Å²) < 4.78 is 20.2. The van der Waals surface area contributed by atoms with Crippen LogP contribution in [0.1, 0.15) is 6.92 Å². The highest BCUT2D eigenvalue weighted by molar-refractivity contribution is 7.99.